The van der Waals surface area contributed by atoms with Crippen LogP contribution in [0.25, 0.3) is 27.8 Å². The van der Waals surface area contributed by atoms with Crippen molar-refractivity contribution >= 4 is 16.9 Å². The van der Waals surface area contributed by atoms with E-state index < -0.39 is 11.7 Å². The number of nitrogens with zero attached hydrogens (tertiary/aromatic N) is 3. The summed E-state index contributed by atoms with van der Waals surface area (Å²) in [6, 6.07) is 14.8. The molecule has 0 saturated heterocycles. The van der Waals surface area contributed by atoms with Crippen LogP contribution in [0.3, 0.4) is 0 Å². The molecule has 1 atom stereocenters. The Morgan fingerprint density at radius 2 is 1.84 bits per heavy atom. The topological polar surface area (TPSA) is 52.0 Å². The summed E-state index contributed by atoms with van der Waals surface area (Å²) in [7, 11) is 1.62. The van der Waals surface area contributed by atoms with E-state index in [4.69, 9.17) is 4.74 Å². The summed E-state index contributed by atoms with van der Waals surface area (Å²) in [5.41, 5.74) is 1.90. The molecule has 2 aromatic heterocycles. The van der Waals surface area contributed by atoms with Crippen molar-refractivity contribution in [1.82, 2.24) is 14.5 Å². The van der Waals surface area contributed by atoms with E-state index in [9.17, 15) is 13.2 Å². The van der Waals surface area contributed by atoms with Gasteiger partial charge < -0.3 is 14.6 Å². The first-order valence-corrected chi connectivity index (χ1v) is 9.73. The molecule has 5 nitrogen and oxygen atoms in total. The average Bonchev–Trinajstić information content (AvgIpc) is 3.15. The first-order chi connectivity index (χ1) is 14.9. The van der Waals surface area contributed by atoms with E-state index in [-0.39, 0.29) is 6.04 Å². The van der Waals surface area contributed by atoms with Crippen LogP contribution in [-0.2, 0) is 10.9 Å². The van der Waals surface area contributed by atoms with E-state index in [0.717, 1.165) is 28.6 Å². The van der Waals surface area contributed by atoms with Crippen molar-refractivity contribution in [2.75, 3.05) is 19.0 Å². The zero-order valence-electron chi connectivity index (χ0n) is 17.0. The summed E-state index contributed by atoms with van der Waals surface area (Å²) in [4.78, 5) is 8.82. The van der Waals surface area contributed by atoms with Crippen LogP contribution in [0.1, 0.15) is 12.5 Å². The van der Waals surface area contributed by atoms with Gasteiger partial charge >= 0.3 is 6.18 Å². The molecule has 1 N–H and O–H groups in total. The Morgan fingerprint density at radius 3 is 2.55 bits per heavy atom. The van der Waals surface area contributed by atoms with E-state index in [1.165, 1.54) is 12.4 Å². The third kappa shape index (κ3) is 4.25. The Balaban J connectivity index is 1.94. The fourth-order valence-corrected chi connectivity index (χ4v) is 3.56. The predicted octanol–water partition coefficient (Wildman–Crippen LogP) is 5.55. The lowest BCUT2D eigenvalue weighted by Crippen LogP contribution is -2.21. The molecule has 31 heavy (non-hydrogen) atoms. The van der Waals surface area contributed by atoms with Crippen LogP contribution in [0, 0.1) is 0 Å². The molecule has 4 rings (SSSR count). The molecule has 160 valence electrons. The van der Waals surface area contributed by atoms with Gasteiger partial charge in [0, 0.05) is 30.6 Å². The van der Waals surface area contributed by atoms with Crippen LogP contribution in [0.2, 0.25) is 0 Å². The second kappa shape index (κ2) is 8.39. The Labute approximate surface area is 177 Å². The zero-order valence-corrected chi connectivity index (χ0v) is 17.0. The van der Waals surface area contributed by atoms with Gasteiger partial charge in [0.1, 0.15) is 12.1 Å². The molecule has 0 amide bonds. The molecule has 2 heterocycles. The molecule has 0 aliphatic rings. The quantitative estimate of drug-likeness (QED) is 0.439. The molecular formula is C23H21F3N4O. The molecule has 0 saturated carbocycles. The van der Waals surface area contributed by atoms with E-state index >= 15 is 0 Å². The monoisotopic (exact) mass is 426 g/mol. The van der Waals surface area contributed by atoms with Gasteiger partial charge in [-0.3, -0.25) is 0 Å². The number of ether oxygens (including phenoxy) is 1. The summed E-state index contributed by atoms with van der Waals surface area (Å²) < 4.78 is 46.7. The van der Waals surface area contributed by atoms with Gasteiger partial charge in [-0.2, -0.15) is 13.2 Å². The van der Waals surface area contributed by atoms with Crippen molar-refractivity contribution in [2.24, 2.45) is 0 Å². The number of halogens is 3. The summed E-state index contributed by atoms with van der Waals surface area (Å²) in [6.45, 7) is 2.43. The van der Waals surface area contributed by atoms with E-state index in [1.54, 1.807) is 23.9 Å². The first-order valence-electron chi connectivity index (χ1n) is 9.73. The number of anilines is 1. The minimum Gasteiger partial charge on any atom is -0.383 e. The number of benzene rings is 2. The maximum absolute atomic E-state index is 13.3. The molecular weight excluding hydrogens is 405 g/mol. The van der Waals surface area contributed by atoms with Crippen LogP contribution < -0.4 is 5.32 Å². The fourth-order valence-electron chi connectivity index (χ4n) is 3.56. The van der Waals surface area contributed by atoms with Crippen molar-refractivity contribution in [1.29, 1.82) is 0 Å². The van der Waals surface area contributed by atoms with Crippen LogP contribution >= 0.6 is 0 Å². The lowest BCUT2D eigenvalue weighted by molar-refractivity contribution is -0.137. The van der Waals surface area contributed by atoms with Crippen molar-refractivity contribution < 1.29 is 17.9 Å². The van der Waals surface area contributed by atoms with Gasteiger partial charge in [0.05, 0.1) is 17.6 Å². The van der Waals surface area contributed by atoms with Gasteiger partial charge in [0.2, 0.25) is 0 Å². The number of fused-ring (bicyclic) bond motifs is 1. The third-order valence-electron chi connectivity index (χ3n) is 4.92. The molecule has 0 spiro atoms. The number of aromatic nitrogens is 3. The smallest absolute Gasteiger partial charge is 0.383 e. The maximum atomic E-state index is 13.3. The number of rotatable bonds is 6. The van der Waals surface area contributed by atoms with Gasteiger partial charge in [0.15, 0.2) is 5.65 Å². The highest BCUT2D eigenvalue weighted by Gasteiger charge is 2.30. The van der Waals surface area contributed by atoms with E-state index in [2.05, 4.69) is 15.3 Å². The van der Waals surface area contributed by atoms with Gasteiger partial charge in [-0.15, -0.1) is 0 Å². The first kappa shape index (κ1) is 20.9. The van der Waals surface area contributed by atoms with Crippen LogP contribution in [0.5, 0.6) is 0 Å². The number of nitrogens with one attached hydrogen (secondary N) is 1. The van der Waals surface area contributed by atoms with Crippen molar-refractivity contribution in [2.45, 2.75) is 19.1 Å². The van der Waals surface area contributed by atoms with Gasteiger partial charge in [-0.1, -0.05) is 36.4 Å². The van der Waals surface area contributed by atoms with Gasteiger partial charge in [-0.05, 0) is 30.7 Å². The van der Waals surface area contributed by atoms with Crippen molar-refractivity contribution in [3.63, 3.8) is 0 Å². The Bertz CT molecular complexity index is 1190. The molecule has 4 aromatic rings. The minimum atomic E-state index is -4.43. The SMILES string of the molecule is COCC(C)Nc1ncnc2c1c(-c1ccccc1)cn2-c1cccc(C(F)(F)F)c1. The average molecular weight is 426 g/mol. The van der Waals surface area contributed by atoms with Crippen molar-refractivity contribution in [3.05, 3.63) is 72.7 Å². The van der Waals surface area contributed by atoms with Crippen LogP contribution in [0.15, 0.2) is 67.1 Å². The Kier molecular flexibility index (Phi) is 5.65. The highest BCUT2D eigenvalue weighted by atomic mass is 19.4. The Hall–Kier alpha value is -3.39. The van der Waals surface area contributed by atoms with Gasteiger partial charge in [-0.25, -0.2) is 9.97 Å². The maximum Gasteiger partial charge on any atom is 0.416 e. The lowest BCUT2D eigenvalue weighted by atomic mass is 10.1. The number of hydrogen-bond acceptors (Lipinski definition) is 4. The molecule has 1 unspecified atom stereocenters. The van der Waals surface area contributed by atoms with E-state index in [0.29, 0.717) is 23.8 Å². The highest BCUT2D eigenvalue weighted by Crippen LogP contribution is 2.37. The molecule has 8 heteroatoms. The number of methoxy groups -OCH3 is 1. The van der Waals surface area contributed by atoms with E-state index in [1.807, 2.05) is 37.3 Å². The highest BCUT2D eigenvalue weighted by molar-refractivity contribution is 6.02. The molecule has 2 aromatic carbocycles. The van der Waals surface area contributed by atoms with Crippen LogP contribution in [-0.4, -0.2) is 34.3 Å². The molecule has 0 aliphatic carbocycles. The fraction of sp³-hybridized carbons (Fsp3) is 0.217. The normalized spacial score (nSPS) is 12.8. The minimum absolute atomic E-state index is 0.0244. The molecule has 0 fully saturated rings. The summed E-state index contributed by atoms with van der Waals surface area (Å²) in [5, 5.41) is 4.06. The summed E-state index contributed by atoms with van der Waals surface area (Å²) in [6.07, 6.45) is -1.22. The van der Waals surface area contributed by atoms with Crippen molar-refractivity contribution in [3.8, 4) is 16.8 Å². The zero-order chi connectivity index (χ0) is 22.0. The number of alkyl halides is 3. The standard InChI is InChI=1S/C23H21F3N4O/c1-15(13-31-2)29-21-20-19(16-7-4-3-5-8-16)12-30(22(20)28-14-27-21)18-10-6-9-17(11-18)23(24,25)26/h3-12,14-15H,13H2,1-2H3,(H,27,28,29). The van der Waals surface area contributed by atoms with Crippen LogP contribution in [0.4, 0.5) is 19.0 Å². The summed E-state index contributed by atoms with van der Waals surface area (Å²) in [5.74, 6) is 0.596. The third-order valence-corrected chi connectivity index (χ3v) is 4.92. The Morgan fingerprint density at radius 1 is 1.06 bits per heavy atom. The number of hydrogen-bond donors (Lipinski definition) is 1. The van der Waals surface area contributed by atoms with Gasteiger partial charge in [0.25, 0.3) is 0 Å². The second-order valence-electron chi connectivity index (χ2n) is 7.25. The lowest BCUT2D eigenvalue weighted by Gasteiger charge is -2.15. The largest absolute Gasteiger partial charge is 0.416 e. The molecule has 0 aliphatic heterocycles. The predicted molar refractivity (Wildman–Crippen MR) is 114 cm³/mol. The molecule has 0 bridgehead atoms. The molecule has 0 radical (unpaired) electrons. The summed E-state index contributed by atoms with van der Waals surface area (Å²) >= 11 is 0. The second-order valence-corrected chi connectivity index (χ2v) is 7.25.